The van der Waals surface area contributed by atoms with E-state index in [-0.39, 0.29) is 11.9 Å². The molecule has 0 saturated carbocycles. The zero-order valence-corrected chi connectivity index (χ0v) is 11.6. The van der Waals surface area contributed by atoms with Crippen LogP contribution in [-0.2, 0) is 4.74 Å². The van der Waals surface area contributed by atoms with Gasteiger partial charge in [0.25, 0.3) is 5.91 Å². The van der Waals surface area contributed by atoms with E-state index < -0.39 is 0 Å². The number of aromatic nitrogens is 3. The second-order valence-electron chi connectivity index (χ2n) is 4.41. The number of H-pyrrole nitrogens is 1. The summed E-state index contributed by atoms with van der Waals surface area (Å²) in [4.78, 5) is 16.5. The van der Waals surface area contributed by atoms with Gasteiger partial charge in [-0.05, 0) is 12.5 Å². The molecule has 0 fully saturated rings. The minimum Gasteiger partial charge on any atom is -0.383 e. The highest BCUT2D eigenvalue weighted by Gasteiger charge is 2.16. The molecule has 0 saturated heterocycles. The topological polar surface area (TPSA) is 79.9 Å². The van der Waals surface area contributed by atoms with Crippen molar-refractivity contribution >= 4 is 5.91 Å². The summed E-state index contributed by atoms with van der Waals surface area (Å²) >= 11 is 0. The van der Waals surface area contributed by atoms with Gasteiger partial charge in [0.1, 0.15) is 6.33 Å². The molecule has 0 radical (unpaired) electrons. The van der Waals surface area contributed by atoms with E-state index in [9.17, 15) is 4.79 Å². The van der Waals surface area contributed by atoms with E-state index in [1.54, 1.807) is 13.2 Å². The molecule has 20 heavy (non-hydrogen) atoms. The van der Waals surface area contributed by atoms with Crippen LogP contribution in [-0.4, -0.2) is 40.8 Å². The Balaban J connectivity index is 2.22. The standard InChI is InChI=1S/C14H18N4O2/c1-3-10(8-20-2)17-14(19)12-7-5-4-6-11(12)13-15-9-16-18-13/h4-7,9-10H,3,8H2,1-2H3,(H,17,19)(H,15,16,18). The summed E-state index contributed by atoms with van der Waals surface area (Å²) in [5.74, 6) is 0.441. The molecule has 1 heterocycles. The SMILES string of the molecule is CCC(COC)NC(=O)c1ccccc1-c1ncn[nH]1. The van der Waals surface area contributed by atoms with Gasteiger partial charge in [-0.2, -0.15) is 5.10 Å². The predicted octanol–water partition coefficient (Wildman–Crippen LogP) is 1.63. The summed E-state index contributed by atoms with van der Waals surface area (Å²) in [7, 11) is 1.62. The van der Waals surface area contributed by atoms with Crippen LogP contribution in [0.15, 0.2) is 30.6 Å². The molecule has 0 aliphatic carbocycles. The molecular formula is C14H18N4O2. The number of aromatic amines is 1. The maximum atomic E-state index is 12.4. The van der Waals surface area contributed by atoms with Crippen molar-refractivity contribution in [3.8, 4) is 11.4 Å². The van der Waals surface area contributed by atoms with Crippen LogP contribution in [0.3, 0.4) is 0 Å². The lowest BCUT2D eigenvalue weighted by Gasteiger charge is -2.16. The third-order valence-electron chi connectivity index (χ3n) is 3.04. The van der Waals surface area contributed by atoms with Crippen LogP contribution in [0.2, 0.25) is 0 Å². The summed E-state index contributed by atoms with van der Waals surface area (Å²) in [5, 5.41) is 9.55. The maximum Gasteiger partial charge on any atom is 0.252 e. The van der Waals surface area contributed by atoms with E-state index in [0.717, 1.165) is 12.0 Å². The Morgan fingerprint density at radius 3 is 2.90 bits per heavy atom. The first-order chi connectivity index (χ1) is 9.76. The van der Waals surface area contributed by atoms with Gasteiger partial charge in [-0.3, -0.25) is 9.89 Å². The van der Waals surface area contributed by atoms with E-state index in [2.05, 4.69) is 20.5 Å². The molecule has 6 nitrogen and oxygen atoms in total. The Hall–Kier alpha value is -2.21. The van der Waals surface area contributed by atoms with Crippen molar-refractivity contribution in [2.75, 3.05) is 13.7 Å². The van der Waals surface area contributed by atoms with Crippen molar-refractivity contribution in [1.82, 2.24) is 20.5 Å². The largest absolute Gasteiger partial charge is 0.383 e. The van der Waals surface area contributed by atoms with Crippen LogP contribution in [0.1, 0.15) is 23.7 Å². The molecule has 1 amide bonds. The van der Waals surface area contributed by atoms with Crippen molar-refractivity contribution in [2.45, 2.75) is 19.4 Å². The van der Waals surface area contributed by atoms with Gasteiger partial charge in [0.2, 0.25) is 0 Å². The molecule has 2 rings (SSSR count). The Morgan fingerprint density at radius 2 is 2.25 bits per heavy atom. The fourth-order valence-corrected chi connectivity index (χ4v) is 1.95. The highest BCUT2D eigenvalue weighted by molar-refractivity contribution is 6.00. The molecule has 1 atom stereocenters. The van der Waals surface area contributed by atoms with Crippen molar-refractivity contribution in [2.24, 2.45) is 0 Å². The average molecular weight is 274 g/mol. The molecule has 0 aliphatic rings. The third-order valence-corrected chi connectivity index (χ3v) is 3.04. The van der Waals surface area contributed by atoms with E-state index in [1.165, 1.54) is 6.33 Å². The third kappa shape index (κ3) is 3.21. The van der Waals surface area contributed by atoms with Crippen molar-refractivity contribution < 1.29 is 9.53 Å². The summed E-state index contributed by atoms with van der Waals surface area (Å²) in [6, 6.07) is 7.29. The lowest BCUT2D eigenvalue weighted by molar-refractivity contribution is 0.0895. The number of benzene rings is 1. The fraction of sp³-hybridized carbons (Fsp3) is 0.357. The number of carbonyl (C=O) groups excluding carboxylic acids is 1. The average Bonchev–Trinajstić information content (AvgIpc) is 3.00. The number of rotatable bonds is 6. The first-order valence-electron chi connectivity index (χ1n) is 6.50. The molecule has 2 aromatic rings. The molecule has 0 aliphatic heterocycles. The predicted molar refractivity (Wildman–Crippen MR) is 75.2 cm³/mol. The van der Waals surface area contributed by atoms with Gasteiger partial charge in [0.15, 0.2) is 5.82 Å². The Kier molecular flexibility index (Phi) is 4.84. The number of amides is 1. The minimum absolute atomic E-state index is 0.00437. The van der Waals surface area contributed by atoms with Crippen molar-refractivity contribution in [1.29, 1.82) is 0 Å². The quantitative estimate of drug-likeness (QED) is 0.839. The molecule has 0 spiro atoms. The van der Waals surface area contributed by atoms with Crippen LogP contribution in [0.5, 0.6) is 0 Å². The summed E-state index contributed by atoms with van der Waals surface area (Å²) < 4.78 is 5.09. The van der Waals surface area contributed by atoms with Crippen LogP contribution < -0.4 is 5.32 Å². The number of carbonyl (C=O) groups is 1. The van der Waals surface area contributed by atoms with Gasteiger partial charge in [-0.15, -0.1) is 0 Å². The van der Waals surface area contributed by atoms with Crippen LogP contribution in [0, 0.1) is 0 Å². The zero-order chi connectivity index (χ0) is 14.4. The normalized spacial score (nSPS) is 12.1. The van der Waals surface area contributed by atoms with Crippen molar-refractivity contribution in [3.63, 3.8) is 0 Å². The van der Waals surface area contributed by atoms with Gasteiger partial charge in [0, 0.05) is 12.7 Å². The highest BCUT2D eigenvalue weighted by Crippen LogP contribution is 2.19. The van der Waals surface area contributed by atoms with Crippen LogP contribution >= 0.6 is 0 Å². The van der Waals surface area contributed by atoms with E-state index in [4.69, 9.17) is 4.74 Å². The smallest absolute Gasteiger partial charge is 0.252 e. The maximum absolute atomic E-state index is 12.4. The molecule has 2 N–H and O–H groups in total. The molecule has 106 valence electrons. The lowest BCUT2D eigenvalue weighted by Crippen LogP contribution is -2.37. The fourth-order valence-electron chi connectivity index (χ4n) is 1.95. The zero-order valence-electron chi connectivity index (χ0n) is 11.6. The molecule has 1 aromatic carbocycles. The second kappa shape index (κ2) is 6.81. The van der Waals surface area contributed by atoms with E-state index >= 15 is 0 Å². The first kappa shape index (κ1) is 14.2. The molecular weight excluding hydrogens is 256 g/mol. The summed E-state index contributed by atoms with van der Waals surface area (Å²) in [5.41, 5.74) is 1.30. The van der Waals surface area contributed by atoms with Crippen molar-refractivity contribution in [3.05, 3.63) is 36.2 Å². The van der Waals surface area contributed by atoms with Crippen LogP contribution in [0.4, 0.5) is 0 Å². The Labute approximate surface area is 117 Å². The van der Waals surface area contributed by atoms with Gasteiger partial charge in [-0.1, -0.05) is 25.1 Å². The summed E-state index contributed by atoms with van der Waals surface area (Å²) in [6.45, 7) is 2.50. The molecule has 0 bridgehead atoms. The van der Waals surface area contributed by atoms with Gasteiger partial charge >= 0.3 is 0 Å². The minimum atomic E-state index is -0.138. The first-order valence-corrected chi connectivity index (χ1v) is 6.50. The number of nitrogens with zero attached hydrogens (tertiary/aromatic N) is 2. The molecule has 6 heteroatoms. The number of nitrogens with one attached hydrogen (secondary N) is 2. The number of methoxy groups -OCH3 is 1. The monoisotopic (exact) mass is 274 g/mol. The van der Waals surface area contributed by atoms with Gasteiger partial charge in [-0.25, -0.2) is 4.98 Å². The Morgan fingerprint density at radius 1 is 1.45 bits per heavy atom. The second-order valence-corrected chi connectivity index (χ2v) is 4.41. The van der Waals surface area contributed by atoms with Crippen LogP contribution in [0.25, 0.3) is 11.4 Å². The van der Waals surface area contributed by atoms with E-state index in [1.807, 2.05) is 25.1 Å². The number of hydrogen-bond donors (Lipinski definition) is 2. The lowest BCUT2D eigenvalue weighted by atomic mass is 10.1. The number of ether oxygens (including phenoxy) is 1. The van der Waals surface area contributed by atoms with E-state index in [0.29, 0.717) is 18.0 Å². The molecule has 1 aromatic heterocycles. The van der Waals surface area contributed by atoms with Gasteiger partial charge < -0.3 is 10.1 Å². The van der Waals surface area contributed by atoms with Gasteiger partial charge in [0.05, 0.1) is 18.2 Å². The molecule has 1 unspecified atom stereocenters. The number of hydrogen-bond acceptors (Lipinski definition) is 4. The Bertz CT molecular complexity index is 554. The highest BCUT2D eigenvalue weighted by atomic mass is 16.5. The summed E-state index contributed by atoms with van der Waals surface area (Å²) in [6.07, 6.45) is 2.23.